The van der Waals surface area contributed by atoms with E-state index in [1.807, 2.05) is 0 Å². The number of morpholine rings is 3. The molecule has 4 aromatic rings. The van der Waals surface area contributed by atoms with Gasteiger partial charge in [-0.3, -0.25) is 19.6 Å². The van der Waals surface area contributed by atoms with Crippen LogP contribution in [0, 0.1) is 0 Å². The minimum absolute atomic E-state index is 0. The van der Waals surface area contributed by atoms with Crippen molar-refractivity contribution >= 4 is 11.6 Å². The van der Waals surface area contributed by atoms with Gasteiger partial charge in [0.05, 0.1) is 72.8 Å². The molecule has 0 aliphatic carbocycles. The molecule has 4 aromatic carbocycles. The quantitative estimate of drug-likeness (QED) is 0.0202. The van der Waals surface area contributed by atoms with Gasteiger partial charge >= 0.3 is 0 Å². The SMILES string of the molecule is C.ClCCCN1CCCCC1.Oc1ccc(CCCCc2ccc(O)c(O)c2)cc1O.c1cc(OCCCN2CCOCC2)c(OCCCN2CCOCC2)cc1CCCCc1ccc(OCCCN2CCOCC2)c(OCCCN2CCCOC2)c1. The molecule has 0 bridgehead atoms. The number of hydrogen-bond donors (Lipinski definition) is 4. The highest BCUT2D eigenvalue weighted by Gasteiger charge is 2.17. The Labute approximate surface area is 526 Å². The van der Waals surface area contributed by atoms with E-state index in [1.54, 1.807) is 24.3 Å². The van der Waals surface area contributed by atoms with Crippen molar-refractivity contribution in [3.8, 4) is 46.0 Å². The van der Waals surface area contributed by atoms with E-state index in [2.05, 4.69) is 60.9 Å². The maximum absolute atomic E-state index is 9.39. The molecule has 5 fully saturated rings. The van der Waals surface area contributed by atoms with Crippen LogP contribution >= 0.6 is 11.6 Å². The van der Waals surface area contributed by atoms with Crippen molar-refractivity contribution in [1.82, 2.24) is 24.5 Å². The number of hydrogen-bond acceptors (Lipinski definition) is 17. The molecule has 5 aliphatic heterocycles. The minimum Gasteiger partial charge on any atom is -0.504 e. The number of alkyl halides is 1. The normalized spacial score (nSPS) is 17.3. The fourth-order valence-corrected chi connectivity index (χ4v) is 11.4. The summed E-state index contributed by atoms with van der Waals surface area (Å²) in [4.78, 5) is 12.3. The van der Waals surface area contributed by atoms with Crippen LogP contribution in [0.3, 0.4) is 0 Å². The molecule has 87 heavy (non-hydrogen) atoms. The molecule has 0 spiro atoms. The van der Waals surface area contributed by atoms with Gasteiger partial charge in [0.15, 0.2) is 46.0 Å². The van der Waals surface area contributed by atoms with Crippen LogP contribution in [0.15, 0.2) is 72.8 Å². The maximum Gasteiger partial charge on any atom is 0.161 e. The van der Waals surface area contributed by atoms with Gasteiger partial charge in [0.2, 0.25) is 0 Å². The zero-order chi connectivity index (χ0) is 60.1. The highest BCUT2D eigenvalue weighted by molar-refractivity contribution is 6.17. The number of ether oxygens (including phenoxy) is 8. The average Bonchev–Trinajstić information content (AvgIpc) is 3.74. The molecule has 488 valence electrons. The molecule has 18 heteroatoms. The zero-order valence-electron chi connectivity index (χ0n) is 51.7. The van der Waals surface area contributed by atoms with E-state index in [0.717, 1.165) is 255 Å². The number of rotatable bonds is 33. The maximum atomic E-state index is 9.39. The van der Waals surface area contributed by atoms with Crippen LogP contribution in [0.1, 0.15) is 113 Å². The first-order valence-electron chi connectivity index (χ1n) is 32.6. The molecular weight excluding hydrogens is 1130 g/mol. The van der Waals surface area contributed by atoms with E-state index >= 15 is 0 Å². The third-order valence-corrected chi connectivity index (χ3v) is 16.6. The van der Waals surface area contributed by atoms with Gasteiger partial charge in [0, 0.05) is 84.5 Å². The molecule has 5 aliphatic rings. The molecule has 5 saturated heterocycles. The summed E-state index contributed by atoms with van der Waals surface area (Å²) in [6.07, 6.45) is 18.1. The first kappa shape index (κ1) is 71.3. The topological polar surface area (TPSA) is 171 Å². The highest BCUT2D eigenvalue weighted by Crippen LogP contribution is 2.32. The first-order valence-corrected chi connectivity index (χ1v) is 33.1. The number of unbranched alkanes of at least 4 members (excludes halogenated alkanes) is 2. The van der Waals surface area contributed by atoms with Gasteiger partial charge < -0.3 is 63.2 Å². The Morgan fingerprint density at radius 3 is 1.06 bits per heavy atom. The van der Waals surface area contributed by atoms with Gasteiger partial charge in [-0.25, -0.2) is 0 Å². The summed E-state index contributed by atoms with van der Waals surface area (Å²) in [6.45, 7) is 24.3. The van der Waals surface area contributed by atoms with E-state index in [-0.39, 0.29) is 30.4 Å². The second kappa shape index (κ2) is 43.0. The van der Waals surface area contributed by atoms with Crippen molar-refractivity contribution in [2.75, 3.05) is 177 Å². The first-order chi connectivity index (χ1) is 42.3. The Morgan fingerprint density at radius 1 is 0.333 bits per heavy atom. The summed E-state index contributed by atoms with van der Waals surface area (Å²) in [5.41, 5.74) is 4.54. The molecular formula is C69H108ClN5O12. The van der Waals surface area contributed by atoms with Crippen molar-refractivity contribution in [2.45, 2.75) is 117 Å². The van der Waals surface area contributed by atoms with Crippen molar-refractivity contribution in [3.05, 3.63) is 95.1 Å². The number of aromatic hydroxyl groups is 4. The van der Waals surface area contributed by atoms with Gasteiger partial charge in [0.25, 0.3) is 0 Å². The average molecular weight is 1240 g/mol. The van der Waals surface area contributed by atoms with E-state index in [9.17, 15) is 20.4 Å². The number of piperidine rings is 1. The zero-order valence-corrected chi connectivity index (χ0v) is 52.5. The standard InChI is InChI=1S/C44H70N4O8.C16H18O4.C8H16ClN.CH4/c1(8-39-10-12-41(53-26-4-14-45-19-30-49-31-20-45)43(36-39)55-28-6-16-47-23-34-51-35-24-47)2-9-40-11-13-42(54-27-5-15-46-21-32-50-33-22-46)44(37-40)56-29-7-18-48-17-3-25-52-38-48;17-13-7-5-11(9-15(13)19)3-1-2-4-12-6-8-14(18)16(20)10-12;9-5-4-8-10-6-2-1-3-7-10;/h10-13,36-37H,1-9,14-35,38H2;5-10,17-20H,1-4H2;1-8H2;1H4. The van der Waals surface area contributed by atoms with Crippen LogP contribution in [0.2, 0.25) is 0 Å². The molecule has 0 atom stereocenters. The second-order valence-corrected chi connectivity index (χ2v) is 23.6. The third kappa shape index (κ3) is 28.7. The van der Waals surface area contributed by atoms with E-state index in [0.29, 0.717) is 26.4 Å². The van der Waals surface area contributed by atoms with Gasteiger partial charge in [-0.1, -0.05) is 38.1 Å². The van der Waals surface area contributed by atoms with E-state index < -0.39 is 0 Å². The smallest absolute Gasteiger partial charge is 0.161 e. The number of nitrogens with zero attached hydrogens (tertiary/aromatic N) is 5. The highest BCUT2D eigenvalue weighted by atomic mass is 35.5. The van der Waals surface area contributed by atoms with Crippen molar-refractivity contribution < 1.29 is 58.3 Å². The summed E-state index contributed by atoms with van der Waals surface area (Å²) in [5.74, 6) is 3.85. The summed E-state index contributed by atoms with van der Waals surface area (Å²) in [7, 11) is 0. The Kier molecular flexibility index (Phi) is 35.2. The van der Waals surface area contributed by atoms with Crippen LogP contribution < -0.4 is 18.9 Å². The molecule has 0 unspecified atom stereocenters. The largest absolute Gasteiger partial charge is 0.504 e. The van der Waals surface area contributed by atoms with Crippen molar-refractivity contribution in [2.24, 2.45) is 0 Å². The molecule has 0 aromatic heterocycles. The third-order valence-electron chi connectivity index (χ3n) is 16.4. The van der Waals surface area contributed by atoms with Crippen LogP contribution in [0.5, 0.6) is 46.0 Å². The summed E-state index contributed by atoms with van der Waals surface area (Å²) < 4.78 is 47.6. The van der Waals surface area contributed by atoms with Gasteiger partial charge in [-0.2, -0.15) is 0 Å². The molecule has 17 nitrogen and oxygen atoms in total. The summed E-state index contributed by atoms with van der Waals surface area (Å²) in [6, 6.07) is 22.8. The Bertz CT molecular complexity index is 2280. The lowest BCUT2D eigenvalue weighted by atomic mass is 10.0. The van der Waals surface area contributed by atoms with Gasteiger partial charge in [-0.15, -0.1) is 11.6 Å². The number of phenolic OH excluding ortho intramolecular Hbond substituents is 4. The van der Waals surface area contributed by atoms with Gasteiger partial charge in [-0.05, 0) is 193 Å². The lowest BCUT2D eigenvalue weighted by molar-refractivity contribution is -0.0149. The molecule has 5 heterocycles. The summed E-state index contributed by atoms with van der Waals surface area (Å²) >= 11 is 5.59. The fourth-order valence-electron chi connectivity index (χ4n) is 11.3. The Morgan fingerprint density at radius 2 is 0.678 bits per heavy atom. The molecule has 0 amide bonds. The number of halogens is 1. The lowest BCUT2D eigenvalue weighted by Crippen LogP contribution is -2.37. The fraction of sp³-hybridized carbons (Fsp3) is 0.652. The lowest BCUT2D eigenvalue weighted by Gasteiger charge is -2.26. The molecule has 4 N–H and O–H groups in total. The van der Waals surface area contributed by atoms with Crippen molar-refractivity contribution in [1.29, 1.82) is 0 Å². The van der Waals surface area contributed by atoms with Gasteiger partial charge in [0.1, 0.15) is 0 Å². The van der Waals surface area contributed by atoms with E-state index in [4.69, 9.17) is 49.5 Å². The molecule has 0 saturated carbocycles. The number of benzene rings is 4. The summed E-state index contributed by atoms with van der Waals surface area (Å²) in [5, 5.41) is 37.2. The van der Waals surface area contributed by atoms with Crippen molar-refractivity contribution in [3.63, 3.8) is 0 Å². The Balaban J connectivity index is 0.000000317. The predicted octanol–water partition coefficient (Wildman–Crippen LogP) is 10.8. The van der Waals surface area contributed by atoms with Crippen LogP contribution in [-0.2, 0) is 44.6 Å². The predicted molar refractivity (Wildman–Crippen MR) is 347 cm³/mol. The number of aryl methyl sites for hydroxylation is 4. The number of likely N-dealkylation sites (tertiary alicyclic amines) is 1. The number of phenols is 4. The van der Waals surface area contributed by atoms with E-state index in [1.165, 1.54) is 62.2 Å². The molecule has 0 radical (unpaired) electrons. The van der Waals surface area contributed by atoms with Crippen LogP contribution in [0.25, 0.3) is 0 Å². The van der Waals surface area contributed by atoms with Crippen LogP contribution in [0.4, 0.5) is 0 Å². The Hall–Kier alpha value is -4.79. The second-order valence-electron chi connectivity index (χ2n) is 23.2. The van der Waals surface area contributed by atoms with Crippen LogP contribution in [-0.4, -0.2) is 222 Å². The monoisotopic (exact) mass is 1230 g/mol. The molecule has 9 rings (SSSR count). The minimum atomic E-state index is -0.103.